The van der Waals surface area contributed by atoms with E-state index in [0.717, 1.165) is 47.2 Å². The Morgan fingerprint density at radius 3 is 2.63 bits per heavy atom. The van der Waals surface area contributed by atoms with Gasteiger partial charge in [-0.1, -0.05) is 13.3 Å². The minimum absolute atomic E-state index is 0.0332. The number of benzene rings is 1. The van der Waals surface area contributed by atoms with E-state index in [0.29, 0.717) is 6.42 Å². The number of piperidine rings is 1. The topological polar surface area (TPSA) is 45.2 Å². The van der Waals surface area contributed by atoms with Gasteiger partial charge in [0.05, 0.1) is 17.1 Å². The van der Waals surface area contributed by atoms with Gasteiger partial charge in [-0.3, -0.25) is 4.79 Å². The van der Waals surface area contributed by atoms with Crippen LogP contribution in [-0.2, 0) is 11.2 Å². The number of hydrogen-bond donors (Lipinski definition) is 1. The van der Waals surface area contributed by atoms with Gasteiger partial charge in [0.25, 0.3) is 0 Å². The standard InChI is InChI=1S/C21H28FN3OS/c1-3-18(14-25-11-5-4-6-12-25)24-20(26)13-19-21(23-15(2)27-19)16-7-9-17(22)10-8-16/h7-10,18H,3-6,11-14H2,1-2H3,(H,24,26)/t18-/m0/s1. The van der Waals surface area contributed by atoms with Crippen LogP contribution in [0.5, 0.6) is 0 Å². The summed E-state index contributed by atoms with van der Waals surface area (Å²) in [5.41, 5.74) is 1.64. The number of nitrogens with zero attached hydrogens (tertiary/aromatic N) is 2. The highest BCUT2D eigenvalue weighted by Crippen LogP contribution is 2.28. The van der Waals surface area contributed by atoms with Crippen molar-refractivity contribution in [2.75, 3.05) is 19.6 Å². The average molecular weight is 390 g/mol. The van der Waals surface area contributed by atoms with Crippen LogP contribution in [0.15, 0.2) is 24.3 Å². The average Bonchev–Trinajstić information content (AvgIpc) is 3.02. The van der Waals surface area contributed by atoms with Crippen molar-refractivity contribution in [2.24, 2.45) is 0 Å². The van der Waals surface area contributed by atoms with Gasteiger partial charge in [0.1, 0.15) is 5.82 Å². The fraction of sp³-hybridized carbons (Fsp3) is 0.524. The van der Waals surface area contributed by atoms with Crippen LogP contribution in [0, 0.1) is 12.7 Å². The first-order valence-electron chi connectivity index (χ1n) is 9.79. The van der Waals surface area contributed by atoms with Crippen LogP contribution < -0.4 is 5.32 Å². The fourth-order valence-electron chi connectivity index (χ4n) is 3.58. The molecule has 27 heavy (non-hydrogen) atoms. The molecule has 0 bridgehead atoms. The number of rotatable bonds is 7. The third kappa shape index (κ3) is 5.59. The number of likely N-dealkylation sites (tertiary alicyclic amines) is 1. The molecule has 1 aliphatic heterocycles. The number of carbonyl (C=O) groups excluding carboxylic acids is 1. The second kappa shape index (κ2) is 9.42. The van der Waals surface area contributed by atoms with Gasteiger partial charge in [-0.05, 0) is 63.5 Å². The summed E-state index contributed by atoms with van der Waals surface area (Å²) in [6.45, 7) is 7.25. The molecule has 1 N–H and O–H groups in total. The van der Waals surface area contributed by atoms with Crippen molar-refractivity contribution in [3.63, 3.8) is 0 Å². The molecule has 1 atom stereocenters. The van der Waals surface area contributed by atoms with Gasteiger partial charge in [-0.2, -0.15) is 0 Å². The first-order valence-corrected chi connectivity index (χ1v) is 10.6. The van der Waals surface area contributed by atoms with Crippen molar-refractivity contribution in [3.05, 3.63) is 40.0 Å². The van der Waals surface area contributed by atoms with E-state index in [4.69, 9.17) is 0 Å². The summed E-state index contributed by atoms with van der Waals surface area (Å²) in [6.07, 6.45) is 5.07. The number of halogens is 1. The van der Waals surface area contributed by atoms with Gasteiger partial charge in [-0.15, -0.1) is 11.3 Å². The third-order valence-corrected chi connectivity index (χ3v) is 6.00. The van der Waals surface area contributed by atoms with E-state index in [9.17, 15) is 9.18 Å². The van der Waals surface area contributed by atoms with Gasteiger partial charge in [0.2, 0.25) is 5.91 Å². The van der Waals surface area contributed by atoms with Gasteiger partial charge in [0, 0.05) is 23.0 Å². The second-order valence-corrected chi connectivity index (χ2v) is 8.51. The summed E-state index contributed by atoms with van der Waals surface area (Å²) in [5, 5.41) is 4.11. The Kier molecular flexibility index (Phi) is 6.96. The van der Waals surface area contributed by atoms with Crippen LogP contribution in [0.4, 0.5) is 4.39 Å². The van der Waals surface area contributed by atoms with Crippen molar-refractivity contribution in [1.29, 1.82) is 0 Å². The van der Waals surface area contributed by atoms with Crippen molar-refractivity contribution in [1.82, 2.24) is 15.2 Å². The first kappa shape index (κ1) is 20.0. The van der Waals surface area contributed by atoms with Crippen LogP contribution in [0.2, 0.25) is 0 Å². The zero-order valence-electron chi connectivity index (χ0n) is 16.1. The summed E-state index contributed by atoms with van der Waals surface area (Å²) < 4.78 is 13.2. The molecule has 2 aromatic rings. The lowest BCUT2D eigenvalue weighted by molar-refractivity contribution is -0.121. The monoisotopic (exact) mass is 389 g/mol. The Morgan fingerprint density at radius 1 is 1.26 bits per heavy atom. The number of hydrogen-bond acceptors (Lipinski definition) is 4. The fourth-order valence-corrected chi connectivity index (χ4v) is 4.53. The van der Waals surface area contributed by atoms with Gasteiger partial charge < -0.3 is 10.2 Å². The molecule has 0 spiro atoms. The SMILES string of the molecule is CC[C@@H](CN1CCCCC1)NC(=O)Cc1sc(C)nc1-c1ccc(F)cc1. The minimum atomic E-state index is -0.270. The molecule has 1 amide bonds. The molecule has 1 aliphatic rings. The van der Waals surface area contributed by atoms with Crippen LogP contribution >= 0.6 is 11.3 Å². The van der Waals surface area contributed by atoms with Crippen LogP contribution in [-0.4, -0.2) is 41.5 Å². The number of amides is 1. The van der Waals surface area contributed by atoms with Gasteiger partial charge >= 0.3 is 0 Å². The molecule has 1 aromatic heterocycles. The van der Waals surface area contributed by atoms with Gasteiger partial charge in [0.15, 0.2) is 0 Å². The highest BCUT2D eigenvalue weighted by molar-refractivity contribution is 7.12. The predicted octanol–water partition coefficient (Wildman–Crippen LogP) is 4.18. The summed E-state index contributed by atoms with van der Waals surface area (Å²) in [7, 11) is 0. The normalized spacial score (nSPS) is 16.3. The molecule has 0 unspecified atom stereocenters. The lowest BCUT2D eigenvalue weighted by Gasteiger charge is -2.30. The third-order valence-electron chi connectivity index (χ3n) is 5.03. The zero-order valence-corrected chi connectivity index (χ0v) is 16.9. The number of carbonyl (C=O) groups is 1. The molecule has 1 fully saturated rings. The maximum atomic E-state index is 13.2. The highest BCUT2D eigenvalue weighted by Gasteiger charge is 2.19. The molecule has 0 aliphatic carbocycles. The molecule has 6 heteroatoms. The number of aryl methyl sites for hydroxylation is 1. The summed E-state index contributed by atoms with van der Waals surface area (Å²) in [6, 6.07) is 6.48. The molecule has 3 rings (SSSR count). The van der Waals surface area contributed by atoms with E-state index in [-0.39, 0.29) is 17.8 Å². The molecule has 1 saturated heterocycles. The van der Waals surface area contributed by atoms with Crippen LogP contribution in [0.3, 0.4) is 0 Å². The quantitative estimate of drug-likeness (QED) is 0.773. The van der Waals surface area contributed by atoms with Crippen molar-refractivity contribution in [2.45, 2.75) is 52.0 Å². The largest absolute Gasteiger partial charge is 0.352 e. The number of aromatic nitrogens is 1. The number of nitrogens with one attached hydrogen (secondary N) is 1. The van der Waals surface area contributed by atoms with Crippen molar-refractivity contribution < 1.29 is 9.18 Å². The molecular weight excluding hydrogens is 361 g/mol. The Labute approximate surface area is 164 Å². The van der Waals surface area contributed by atoms with E-state index in [1.165, 1.54) is 42.7 Å². The van der Waals surface area contributed by atoms with Crippen molar-refractivity contribution in [3.8, 4) is 11.3 Å². The molecule has 4 nitrogen and oxygen atoms in total. The number of thiazole rings is 1. The molecule has 146 valence electrons. The van der Waals surface area contributed by atoms with Gasteiger partial charge in [-0.25, -0.2) is 9.37 Å². The summed E-state index contributed by atoms with van der Waals surface area (Å²) >= 11 is 1.54. The van der Waals surface area contributed by atoms with E-state index < -0.39 is 0 Å². The first-order chi connectivity index (χ1) is 13.0. The summed E-state index contributed by atoms with van der Waals surface area (Å²) in [4.78, 5) is 20.6. The minimum Gasteiger partial charge on any atom is -0.352 e. The Balaban J connectivity index is 1.64. The predicted molar refractivity (Wildman–Crippen MR) is 108 cm³/mol. The molecule has 2 heterocycles. The Bertz CT molecular complexity index is 753. The van der Waals surface area contributed by atoms with Crippen molar-refractivity contribution >= 4 is 17.2 Å². The molecular formula is C21H28FN3OS. The zero-order chi connectivity index (χ0) is 19.2. The maximum absolute atomic E-state index is 13.2. The van der Waals surface area contributed by atoms with E-state index in [1.807, 2.05) is 6.92 Å². The smallest absolute Gasteiger partial charge is 0.225 e. The molecule has 0 saturated carbocycles. The summed E-state index contributed by atoms with van der Waals surface area (Å²) in [5.74, 6) is -0.237. The maximum Gasteiger partial charge on any atom is 0.225 e. The molecule has 1 aromatic carbocycles. The van der Waals surface area contributed by atoms with Crippen LogP contribution in [0.25, 0.3) is 11.3 Å². The highest BCUT2D eigenvalue weighted by atomic mass is 32.1. The lowest BCUT2D eigenvalue weighted by atomic mass is 10.1. The second-order valence-electron chi connectivity index (χ2n) is 7.22. The van der Waals surface area contributed by atoms with E-state index in [1.54, 1.807) is 12.1 Å². The Hall–Kier alpha value is -1.79. The van der Waals surface area contributed by atoms with E-state index >= 15 is 0 Å². The Morgan fingerprint density at radius 2 is 1.96 bits per heavy atom. The molecule has 0 radical (unpaired) electrons. The van der Waals surface area contributed by atoms with Crippen LogP contribution in [0.1, 0.15) is 42.5 Å². The van der Waals surface area contributed by atoms with E-state index in [2.05, 4.69) is 22.1 Å². The lowest BCUT2D eigenvalue weighted by Crippen LogP contribution is -2.45.